The molecule has 40 heavy (non-hydrogen) atoms. The van der Waals surface area contributed by atoms with E-state index in [1.165, 1.54) is 6.07 Å². The van der Waals surface area contributed by atoms with Crippen LogP contribution in [0.2, 0.25) is 0 Å². The topological polar surface area (TPSA) is 211 Å². The summed E-state index contributed by atoms with van der Waals surface area (Å²) < 4.78 is 37.9. The predicted molar refractivity (Wildman–Crippen MR) is 134 cm³/mol. The fourth-order valence-electron chi connectivity index (χ4n) is 3.93. The number of carbonyl (C=O) groups is 3. The molecule has 6 unspecified atom stereocenters. The summed E-state index contributed by atoms with van der Waals surface area (Å²) in [4.78, 5) is 39.0. The quantitative estimate of drug-likeness (QED) is 0.0689. The summed E-state index contributed by atoms with van der Waals surface area (Å²) in [6.07, 6.45) is -5.93. The van der Waals surface area contributed by atoms with E-state index in [1.807, 2.05) is 0 Å². The Morgan fingerprint density at radius 2 is 1.90 bits per heavy atom. The first-order valence-electron chi connectivity index (χ1n) is 12.3. The summed E-state index contributed by atoms with van der Waals surface area (Å²) in [5, 5.41) is 44.8. The summed E-state index contributed by atoms with van der Waals surface area (Å²) in [6, 6.07) is 3.08. The number of aliphatic hydroxyl groups excluding tert-OH is 3. The molecule has 1 aliphatic rings. The fraction of sp³-hybridized carbons (Fsp3) is 0.560. The number of anilines is 1. The fourth-order valence-corrected chi connectivity index (χ4v) is 3.93. The van der Waals surface area contributed by atoms with E-state index in [2.05, 4.69) is 21.3 Å². The van der Waals surface area contributed by atoms with Crippen LogP contribution < -0.4 is 10.1 Å². The van der Waals surface area contributed by atoms with Crippen LogP contribution in [0.3, 0.4) is 0 Å². The van der Waals surface area contributed by atoms with Crippen LogP contribution in [-0.2, 0) is 19.1 Å². The van der Waals surface area contributed by atoms with Crippen molar-refractivity contribution in [3.63, 3.8) is 0 Å². The summed E-state index contributed by atoms with van der Waals surface area (Å²) in [6.45, 7) is 0.319. The molecule has 5 N–H and O–H groups in total. The summed E-state index contributed by atoms with van der Waals surface area (Å²) in [7, 11) is 0. The normalized spacial score (nSPS) is 23.0. The first-order valence-corrected chi connectivity index (χ1v) is 12.3. The summed E-state index contributed by atoms with van der Waals surface area (Å²) in [5.41, 5.74) is 7.41. The molecule has 0 bridgehead atoms. The second-order valence-corrected chi connectivity index (χ2v) is 9.01. The number of hydrogen-bond donors (Lipinski definition) is 5. The van der Waals surface area contributed by atoms with Crippen LogP contribution in [0.4, 0.5) is 14.5 Å². The molecule has 0 aliphatic carbocycles. The number of halogens is 2. The molecule has 13 nitrogen and oxygen atoms in total. The van der Waals surface area contributed by atoms with Gasteiger partial charge in [-0.15, -0.1) is 12.3 Å². The van der Waals surface area contributed by atoms with E-state index in [-0.39, 0.29) is 30.7 Å². The number of aliphatic carboxylic acids is 1. The van der Waals surface area contributed by atoms with Gasteiger partial charge in [-0.05, 0) is 36.6 Å². The van der Waals surface area contributed by atoms with Crippen LogP contribution in [0.1, 0.15) is 50.5 Å². The highest BCUT2D eigenvalue weighted by molar-refractivity contribution is 5.95. The second-order valence-electron chi connectivity index (χ2n) is 9.01. The number of amides is 1. The van der Waals surface area contributed by atoms with Crippen molar-refractivity contribution in [2.45, 2.75) is 75.7 Å². The minimum absolute atomic E-state index is 0.0762. The molecular formula is C25H30F2N4O9. The number of ether oxygens (including phenoxy) is 2. The zero-order valence-corrected chi connectivity index (χ0v) is 21.2. The minimum atomic E-state index is -3.15. The number of alkyl halides is 2. The van der Waals surface area contributed by atoms with Gasteiger partial charge >= 0.3 is 5.97 Å². The van der Waals surface area contributed by atoms with Crippen molar-refractivity contribution < 1.29 is 53.1 Å². The van der Waals surface area contributed by atoms with Gasteiger partial charge in [-0.25, -0.2) is 13.6 Å². The number of nitrogens with zero attached hydrogens (tertiary/aromatic N) is 3. The molecule has 1 aliphatic heterocycles. The van der Waals surface area contributed by atoms with Gasteiger partial charge in [0.25, 0.3) is 6.43 Å². The largest absolute Gasteiger partial charge is 0.479 e. The minimum Gasteiger partial charge on any atom is -0.479 e. The number of carboxylic acid groups (broad SMARTS) is 1. The van der Waals surface area contributed by atoms with E-state index in [1.54, 1.807) is 0 Å². The number of aliphatic hydroxyl groups is 3. The van der Waals surface area contributed by atoms with E-state index in [9.17, 15) is 38.5 Å². The smallest absolute Gasteiger partial charge is 0.335 e. The Morgan fingerprint density at radius 1 is 1.18 bits per heavy atom. The van der Waals surface area contributed by atoms with Gasteiger partial charge in [0.15, 0.2) is 6.10 Å². The number of hydrogen-bond acceptors (Lipinski definition) is 9. The van der Waals surface area contributed by atoms with Crippen molar-refractivity contribution in [3.05, 3.63) is 34.2 Å². The Hall–Kier alpha value is -3.80. The molecule has 218 valence electrons. The van der Waals surface area contributed by atoms with Crippen LogP contribution in [-0.4, -0.2) is 75.3 Å². The first-order chi connectivity index (χ1) is 19.0. The Labute approximate surface area is 227 Å². The highest BCUT2D eigenvalue weighted by Crippen LogP contribution is 2.34. The van der Waals surface area contributed by atoms with Gasteiger partial charge in [-0.1, -0.05) is 11.5 Å². The molecule has 1 saturated heterocycles. The van der Waals surface area contributed by atoms with Crippen molar-refractivity contribution in [2.24, 2.45) is 11.0 Å². The molecule has 0 saturated carbocycles. The molecule has 1 aromatic rings. The van der Waals surface area contributed by atoms with Crippen molar-refractivity contribution in [2.75, 3.05) is 11.9 Å². The number of ketones is 1. The molecule has 0 spiro atoms. The zero-order valence-electron chi connectivity index (χ0n) is 21.2. The lowest BCUT2D eigenvalue weighted by molar-refractivity contribution is -0.271. The van der Waals surface area contributed by atoms with E-state index < -0.39 is 66.2 Å². The maximum absolute atomic E-state index is 13.8. The second kappa shape index (κ2) is 15.7. The monoisotopic (exact) mass is 568 g/mol. The molecule has 1 amide bonds. The number of carbonyl (C=O) groups excluding carboxylic acids is 2. The van der Waals surface area contributed by atoms with Crippen LogP contribution in [0, 0.1) is 18.3 Å². The lowest BCUT2D eigenvalue weighted by atomic mass is 9.95. The number of Topliss-reactive ketones (excluding diaryl/α,β-unsaturated/α-hetero) is 1. The van der Waals surface area contributed by atoms with E-state index >= 15 is 0 Å². The highest BCUT2D eigenvalue weighted by atomic mass is 19.3. The third kappa shape index (κ3) is 9.15. The zero-order chi connectivity index (χ0) is 29.8. The number of carboxylic acids is 1. The Balaban J connectivity index is 2.09. The third-order valence-corrected chi connectivity index (χ3v) is 6.05. The van der Waals surface area contributed by atoms with Gasteiger partial charge < -0.3 is 35.2 Å². The maximum atomic E-state index is 13.8. The van der Waals surface area contributed by atoms with Crippen molar-refractivity contribution in [1.82, 2.24) is 0 Å². The van der Waals surface area contributed by atoms with Gasteiger partial charge in [0.05, 0.1) is 11.5 Å². The molecule has 2 rings (SSSR count). The standard InChI is InChI=1S/C25H30F2N4O9/c1-2-6-13(11-15(32)7-4-3-5-10-29-31-28)23(36)30-14-8-9-17(16(12-14)22(26)27)39-25-20(35)18(33)19(34)21(40-25)24(37)38/h1,8-9,12-13,18-22,25,33-35H,3-7,10-11H2,(H,30,36)(H,37,38). The first kappa shape index (κ1) is 32.4. The van der Waals surface area contributed by atoms with Crippen molar-refractivity contribution >= 4 is 23.3 Å². The van der Waals surface area contributed by atoms with Gasteiger partial charge in [-0.3, -0.25) is 9.59 Å². The molecule has 1 fully saturated rings. The van der Waals surface area contributed by atoms with Crippen LogP contribution in [0.15, 0.2) is 23.3 Å². The SMILES string of the molecule is C#CCC(CC(=O)CCCCCN=[N+]=[N-])C(=O)Nc1ccc(OC2OC(C(=O)O)C(O)C(O)C2O)c(C(F)F)c1. The number of rotatable bonds is 15. The Kier molecular flexibility index (Phi) is 12.7. The van der Waals surface area contributed by atoms with Crippen LogP contribution in [0.5, 0.6) is 5.75 Å². The molecule has 0 aromatic heterocycles. The molecule has 15 heteroatoms. The van der Waals surface area contributed by atoms with Gasteiger partial charge in [0.1, 0.15) is 29.8 Å². The van der Waals surface area contributed by atoms with Gasteiger partial charge in [0, 0.05) is 36.4 Å². The molecular weight excluding hydrogens is 538 g/mol. The number of unbranched alkanes of at least 4 members (excludes halogenated alkanes) is 2. The molecule has 0 radical (unpaired) electrons. The maximum Gasteiger partial charge on any atom is 0.335 e. The Bertz CT molecular complexity index is 1140. The highest BCUT2D eigenvalue weighted by Gasteiger charge is 2.48. The number of azide groups is 1. The van der Waals surface area contributed by atoms with Gasteiger partial charge in [-0.2, -0.15) is 0 Å². The average molecular weight is 569 g/mol. The third-order valence-electron chi connectivity index (χ3n) is 6.05. The predicted octanol–water partition coefficient (Wildman–Crippen LogP) is 2.30. The number of benzene rings is 1. The summed E-state index contributed by atoms with van der Waals surface area (Å²) in [5.74, 6) is -1.70. The molecule has 1 heterocycles. The Morgan fingerprint density at radius 3 is 2.52 bits per heavy atom. The lowest BCUT2D eigenvalue weighted by Crippen LogP contribution is -2.61. The van der Waals surface area contributed by atoms with Gasteiger partial charge in [0.2, 0.25) is 12.2 Å². The molecule has 1 aromatic carbocycles. The number of terminal acetylenes is 1. The van der Waals surface area contributed by atoms with Crippen LogP contribution in [0.25, 0.3) is 10.4 Å². The molecule has 6 atom stereocenters. The number of nitrogens with one attached hydrogen (secondary N) is 1. The lowest BCUT2D eigenvalue weighted by Gasteiger charge is -2.38. The van der Waals surface area contributed by atoms with Crippen molar-refractivity contribution in [1.29, 1.82) is 0 Å². The van der Waals surface area contributed by atoms with E-state index in [4.69, 9.17) is 26.5 Å². The van der Waals surface area contributed by atoms with Crippen molar-refractivity contribution in [3.8, 4) is 18.1 Å². The van der Waals surface area contributed by atoms with Crippen LogP contribution >= 0.6 is 0 Å². The van der Waals surface area contributed by atoms with E-state index in [0.29, 0.717) is 25.8 Å². The average Bonchev–Trinajstić information content (AvgIpc) is 2.91. The van der Waals surface area contributed by atoms with E-state index in [0.717, 1.165) is 12.1 Å². The summed E-state index contributed by atoms with van der Waals surface area (Å²) >= 11 is 0.